The number of carboxylic acids is 2. The van der Waals surface area contributed by atoms with Crippen LogP contribution in [0.5, 0.6) is 5.88 Å². The Hall–Kier alpha value is -3.50. The Balaban J connectivity index is 1.13. The molecule has 4 saturated carbocycles. The molecule has 306 valence electrons. The highest BCUT2D eigenvalue weighted by atomic mass is 16.5. The number of aliphatic carboxylic acids is 2. The summed E-state index contributed by atoms with van der Waals surface area (Å²) in [4.78, 5) is 40.5. The Morgan fingerprint density at radius 3 is 2.36 bits per heavy atom. The van der Waals surface area contributed by atoms with E-state index in [0.717, 1.165) is 44.9 Å². The Morgan fingerprint density at radius 1 is 0.964 bits per heavy atom. The van der Waals surface area contributed by atoms with Crippen molar-refractivity contribution in [2.45, 2.75) is 130 Å². The molecule has 6 aliphatic rings. The van der Waals surface area contributed by atoms with Gasteiger partial charge in [-0.15, -0.1) is 0 Å². The molecule has 1 amide bonds. The van der Waals surface area contributed by atoms with Crippen LogP contribution in [0.3, 0.4) is 0 Å². The fraction of sp³-hybridized carbons (Fsp3) is 0.696. The van der Waals surface area contributed by atoms with E-state index >= 15 is 0 Å². The van der Waals surface area contributed by atoms with Crippen molar-refractivity contribution < 1.29 is 34.4 Å². The summed E-state index contributed by atoms with van der Waals surface area (Å²) in [6.45, 7) is 19.3. The quantitative estimate of drug-likeness (QED) is 0.141. The number of carbonyl (C=O) groups is 3. The van der Waals surface area contributed by atoms with E-state index in [9.17, 15) is 29.7 Å². The van der Waals surface area contributed by atoms with Gasteiger partial charge >= 0.3 is 11.9 Å². The van der Waals surface area contributed by atoms with Crippen LogP contribution >= 0.6 is 0 Å². The third kappa shape index (κ3) is 6.09. The minimum Gasteiger partial charge on any atom is -0.481 e. The van der Waals surface area contributed by atoms with Gasteiger partial charge in [0.05, 0.1) is 0 Å². The summed E-state index contributed by atoms with van der Waals surface area (Å²) >= 11 is 0. The van der Waals surface area contributed by atoms with Crippen molar-refractivity contribution in [3.05, 3.63) is 59.3 Å². The number of aromatic nitrogens is 1. The minimum atomic E-state index is -1.41. The lowest BCUT2D eigenvalue weighted by Gasteiger charge is -2.72. The zero-order chi connectivity index (χ0) is 40.6. The van der Waals surface area contributed by atoms with Crippen molar-refractivity contribution in [1.82, 2.24) is 10.3 Å². The second kappa shape index (κ2) is 14.1. The highest BCUT2D eigenvalue weighted by molar-refractivity contribution is 5.95. The summed E-state index contributed by atoms with van der Waals surface area (Å²) in [5.74, 6) is -0.400. The number of aliphatic hydroxyl groups excluding tert-OH is 1. The second-order valence-electron chi connectivity index (χ2n) is 20.1. The first kappa shape index (κ1) is 40.7. The third-order valence-corrected chi connectivity index (χ3v) is 17.5. The number of hydrogen-bond donors (Lipinski definition) is 5. The highest BCUT2D eigenvalue weighted by Gasteiger charge is 2.70. The Bertz CT molecular complexity index is 1850. The first-order valence-electron chi connectivity index (χ1n) is 21.1. The van der Waals surface area contributed by atoms with Crippen molar-refractivity contribution >= 4 is 17.8 Å². The number of carbonyl (C=O) groups excluding carboxylic acids is 1. The van der Waals surface area contributed by atoms with Gasteiger partial charge in [0.1, 0.15) is 17.6 Å². The molecule has 0 aliphatic heterocycles. The van der Waals surface area contributed by atoms with Gasteiger partial charge in [-0.2, -0.15) is 0 Å². The number of hydrogen-bond acceptors (Lipinski definition) is 7. The molecule has 1 heterocycles. The van der Waals surface area contributed by atoms with E-state index in [-0.39, 0.29) is 51.8 Å². The van der Waals surface area contributed by atoms with Gasteiger partial charge in [0.15, 0.2) is 6.10 Å². The lowest BCUT2D eigenvalue weighted by molar-refractivity contribution is -0.221. The first-order valence-corrected chi connectivity index (χ1v) is 21.1. The van der Waals surface area contributed by atoms with Crippen molar-refractivity contribution in [2.24, 2.45) is 62.4 Å². The SMILES string of the molecule is C=C(C)[C@@H]1CC[C@]2(NC[C@H](O)C(=O)O)CC[C@]3(C)[C@H](CC[C@@H]4[C@@]5(C)CC=C(C6=CC[C@](COc7ncccc7C(N)=O)(C(=O)O)CC6)C(C)(C)[C@@H]5CC[C@]43C)[C@@H]12. The smallest absolute Gasteiger partial charge is 0.333 e. The van der Waals surface area contributed by atoms with Gasteiger partial charge < -0.3 is 31.1 Å². The lowest BCUT2D eigenvalue weighted by Crippen LogP contribution is -2.68. The maximum absolute atomic E-state index is 12.8. The molecule has 0 radical (unpaired) electrons. The zero-order valence-corrected chi connectivity index (χ0v) is 34.5. The van der Waals surface area contributed by atoms with Crippen molar-refractivity contribution in [3.63, 3.8) is 0 Å². The van der Waals surface area contributed by atoms with Crippen LogP contribution in [0.15, 0.2) is 53.8 Å². The predicted octanol–water partition coefficient (Wildman–Crippen LogP) is 7.72. The summed E-state index contributed by atoms with van der Waals surface area (Å²) in [6, 6.07) is 3.14. The van der Waals surface area contributed by atoms with Crippen molar-refractivity contribution in [3.8, 4) is 5.88 Å². The number of nitrogens with zero attached hydrogens (tertiary/aromatic N) is 1. The molecule has 1 aromatic rings. The summed E-state index contributed by atoms with van der Waals surface area (Å²) < 4.78 is 5.91. The molecule has 0 unspecified atom stereocenters. The number of nitrogens with one attached hydrogen (secondary N) is 1. The van der Waals surface area contributed by atoms with Crippen LogP contribution in [0.2, 0.25) is 0 Å². The van der Waals surface area contributed by atoms with Crippen LogP contribution in [0, 0.1) is 56.7 Å². The van der Waals surface area contributed by atoms with Crippen molar-refractivity contribution in [1.29, 1.82) is 0 Å². The third-order valence-electron chi connectivity index (χ3n) is 17.5. The van der Waals surface area contributed by atoms with Gasteiger partial charge in [-0.05, 0) is 159 Å². The molecule has 1 aromatic heterocycles. The number of pyridine rings is 1. The Morgan fingerprint density at radius 2 is 1.71 bits per heavy atom. The van der Waals surface area contributed by atoms with E-state index < -0.39 is 29.4 Å². The number of carboxylic acid groups (broad SMARTS) is 2. The van der Waals surface area contributed by atoms with E-state index in [2.05, 4.69) is 70.6 Å². The van der Waals surface area contributed by atoms with E-state index in [1.54, 1.807) is 6.07 Å². The lowest BCUT2D eigenvalue weighted by atomic mass is 9.33. The molecule has 0 aromatic carbocycles. The van der Waals surface area contributed by atoms with E-state index in [1.165, 1.54) is 41.8 Å². The normalized spacial score (nSPS) is 40.4. The molecule has 10 nitrogen and oxygen atoms in total. The monoisotopic (exact) mass is 771 g/mol. The predicted molar refractivity (Wildman–Crippen MR) is 215 cm³/mol. The molecule has 0 bridgehead atoms. The van der Waals surface area contributed by atoms with Gasteiger partial charge in [-0.25, -0.2) is 9.78 Å². The van der Waals surface area contributed by atoms with Gasteiger partial charge in [-0.3, -0.25) is 9.59 Å². The fourth-order valence-corrected chi connectivity index (χ4v) is 14.4. The van der Waals surface area contributed by atoms with Gasteiger partial charge in [0.25, 0.3) is 5.91 Å². The molecule has 11 atom stereocenters. The van der Waals surface area contributed by atoms with Crippen LogP contribution in [0.1, 0.15) is 129 Å². The largest absolute Gasteiger partial charge is 0.481 e. The fourth-order valence-electron chi connectivity index (χ4n) is 14.4. The second-order valence-corrected chi connectivity index (χ2v) is 20.1. The first-order chi connectivity index (χ1) is 26.3. The number of ether oxygens (including phenoxy) is 1. The number of amides is 1. The van der Waals surface area contributed by atoms with Gasteiger partial charge in [0, 0.05) is 18.3 Å². The number of β-amino-alcohol motifs (C(OH)–C–C–N with tert-alkyl or cyclic N) is 1. The summed E-state index contributed by atoms with van der Waals surface area (Å²) in [5.41, 5.74) is 8.50. The van der Waals surface area contributed by atoms with Gasteiger partial charge in [-0.1, -0.05) is 58.9 Å². The maximum Gasteiger partial charge on any atom is 0.333 e. The number of allylic oxidation sites excluding steroid dienone is 5. The zero-order valence-electron chi connectivity index (χ0n) is 34.5. The van der Waals surface area contributed by atoms with E-state index in [1.807, 2.05) is 0 Å². The Labute approximate surface area is 332 Å². The Kier molecular flexibility index (Phi) is 10.2. The maximum atomic E-state index is 12.8. The van der Waals surface area contributed by atoms with Crippen LogP contribution in [0.25, 0.3) is 0 Å². The summed E-state index contributed by atoms with van der Waals surface area (Å²) in [5, 5.41) is 34.0. The number of rotatable bonds is 11. The number of primary amides is 1. The van der Waals surface area contributed by atoms with Crippen LogP contribution in [-0.2, 0) is 9.59 Å². The average Bonchev–Trinajstić information content (AvgIpc) is 3.53. The number of fused-ring (bicyclic) bond motifs is 7. The molecule has 56 heavy (non-hydrogen) atoms. The molecular formula is C46H65N3O7. The van der Waals surface area contributed by atoms with Crippen molar-refractivity contribution in [2.75, 3.05) is 13.2 Å². The van der Waals surface area contributed by atoms with Crippen LogP contribution in [0.4, 0.5) is 0 Å². The van der Waals surface area contributed by atoms with Crippen LogP contribution < -0.4 is 15.8 Å². The highest BCUT2D eigenvalue weighted by Crippen LogP contribution is 2.76. The standard InChI is InChI=1S/C46H65N3O7/c1-27(2)29-14-21-46(49-25-33(50)39(52)53)23-22-43(6)32(36(29)46)10-11-35-42(5)17-15-31(41(3,4)34(42)16-18-44(35,43)7)28-12-19-45(20-13-28,40(54)55)26-56-38-30(37(47)51)9-8-24-48-38/h8-9,12,15,24,29,32-36,49-50H,1,10-11,13-14,16-23,25-26H2,2-7H3,(H2,47,51)(H,52,53)(H,54,55)/t29-,32+,33-,34-,35+,36+,42-,43+,44+,45-,46-/m0/s1. The molecule has 4 fully saturated rings. The van der Waals surface area contributed by atoms with E-state index in [0.29, 0.717) is 48.9 Å². The van der Waals surface area contributed by atoms with Crippen LogP contribution in [-0.4, -0.2) is 62.9 Å². The molecule has 0 spiro atoms. The minimum absolute atomic E-state index is 0.0664. The molecular weight excluding hydrogens is 707 g/mol. The average molecular weight is 772 g/mol. The topological polar surface area (TPSA) is 172 Å². The number of aliphatic hydroxyl groups is 1. The van der Waals surface area contributed by atoms with E-state index in [4.69, 9.17) is 10.5 Å². The molecule has 7 rings (SSSR count). The molecule has 6 N–H and O–H groups in total. The van der Waals surface area contributed by atoms with Gasteiger partial charge in [0.2, 0.25) is 5.88 Å². The molecule has 0 saturated heterocycles. The molecule has 10 heteroatoms. The number of nitrogens with two attached hydrogens (primary N) is 1. The summed E-state index contributed by atoms with van der Waals surface area (Å²) in [6.07, 6.45) is 15.9. The summed E-state index contributed by atoms with van der Waals surface area (Å²) in [7, 11) is 0. The molecule has 6 aliphatic carbocycles.